The topological polar surface area (TPSA) is 90.0 Å². The number of benzene rings is 2. The van der Waals surface area contributed by atoms with Gasteiger partial charge in [-0.3, -0.25) is 19.3 Å². The molecule has 1 unspecified atom stereocenters. The smallest absolute Gasteiger partial charge is 0.310 e. The van der Waals surface area contributed by atoms with Crippen molar-refractivity contribution in [3.63, 3.8) is 0 Å². The van der Waals surface area contributed by atoms with Crippen LogP contribution in [0.1, 0.15) is 12.0 Å². The lowest BCUT2D eigenvalue weighted by Gasteiger charge is -2.36. The molecule has 2 fully saturated rings. The molecule has 3 aliphatic heterocycles. The fourth-order valence-corrected chi connectivity index (χ4v) is 6.93. The van der Waals surface area contributed by atoms with Crippen molar-refractivity contribution in [1.82, 2.24) is 4.90 Å². The van der Waals surface area contributed by atoms with E-state index in [-0.39, 0.29) is 32.0 Å². The van der Waals surface area contributed by atoms with Crippen LogP contribution in [0.4, 0.5) is 24.5 Å². The van der Waals surface area contributed by atoms with Crippen LogP contribution >= 0.6 is 46.4 Å². The normalized spacial score (nSPS) is 27.8. The van der Waals surface area contributed by atoms with Crippen molar-refractivity contribution < 1.29 is 32.7 Å². The monoisotopic (exact) mass is 595 g/mol. The summed E-state index contributed by atoms with van der Waals surface area (Å²) in [5.74, 6) is -11.4. The molecule has 2 saturated heterocycles. The van der Waals surface area contributed by atoms with Gasteiger partial charge in [0.05, 0.1) is 33.9 Å². The van der Waals surface area contributed by atoms with Gasteiger partial charge in [0.25, 0.3) is 11.8 Å². The Bertz CT molecular complexity index is 1390. The van der Waals surface area contributed by atoms with Crippen LogP contribution in [0.2, 0.25) is 20.1 Å². The number of carboxylic acid groups (broad SMARTS) is 1. The van der Waals surface area contributed by atoms with E-state index < -0.39 is 70.9 Å². The SMILES string of the molecule is CN(C(=O)C1[C@@H](C(=O)O)[C@]2(C(=O)Nc3c(Cl)cc(Cl)cc32)N2CC(F)(F)C[C@@H]12)c1cc(Cl)cc(Cl)c1F. The van der Waals surface area contributed by atoms with Gasteiger partial charge in [-0.1, -0.05) is 46.4 Å². The first kappa shape index (κ1) is 26.4. The molecule has 7 nitrogen and oxygen atoms in total. The molecular weight excluding hydrogens is 581 g/mol. The Labute approximate surface area is 228 Å². The number of carbonyl (C=O) groups excluding carboxylic acids is 2. The minimum atomic E-state index is -3.35. The average Bonchev–Trinajstić information content (AvgIpc) is 3.36. The number of hydrogen-bond acceptors (Lipinski definition) is 4. The van der Waals surface area contributed by atoms with Crippen molar-refractivity contribution in [1.29, 1.82) is 0 Å². The quantitative estimate of drug-likeness (QED) is 0.470. The van der Waals surface area contributed by atoms with Crippen LogP contribution < -0.4 is 10.2 Å². The Kier molecular flexibility index (Phi) is 6.16. The molecule has 2 aromatic rings. The maximum atomic E-state index is 14.8. The number of rotatable bonds is 3. The molecule has 2 amide bonds. The second-order valence-electron chi connectivity index (χ2n) is 9.25. The van der Waals surface area contributed by atoms with E-state index in [4.69, 9.17) is 46.4 Å². The van der Waals surface area contributed by atoms with Gasteiger partial charge in [0.1, 0.15) is 11.5 Å². The van der Waals surface area contributed by atoms with E-state index in [9.17, 15) is 32.7 Å². The summed E-state index contributed by atoms with van der Waals surface area (Å²) in [6, 6.07) is 3.40. The summed E-state index contributed by atoms with van der Waals surface area (Å²) in [7, 11) is 1.14. The summed E-state index contributed by atoms with van der Waals surface area (Å²) >= 11 is 24.2. The van der Waals surface area contributed by atoms with Gasteiger partial charge in [-0.15, -0.1) is 0 Å². The zero-order valence-electron chi connectivity index (χ0n) is 18.7. The Balaban J connectivity index is 1.72. The number of hydrogen-bond donors (Lipinski definition) is 2. The molecule has 5 rings (SSSR count). The van der Waals surface area contributed by atoms with Gasteiger partial charge in [0.2, 0.25) is 5.91 Å². The van der Waals surface area contributed by atoms with Crippen molar-refractivity contribution in [3.8, 4) is 0 Å². The van der Waals surface area contributed by atoms with Crippen LogP contribution in [0.3, 0.4) is 0 Å². The number of nitrogens with one attached hydrogen (secondary N) is 1. The van der Waals surface area contributed by atoms with Crippen molar-refractivity contribution in [2.24, 2.45) is 11.8 Å². The lowest BCUT2D eigenvalue weighted by atomic mass is 9.73. The highest BCUT2D eigenvalue weighted by Crippen LogP contribution is 2.61. The Hall–Kier alpha value is -2.24. The predicted molar refractivity (Wildman–Crippen MR) is 131 cm³/mol. The summed E-state index contributed by atoms with van der Waals surface area (Å²) in [6.07, 6.45) is -0.904. The van der Waals surface area contributed by atoms with Gasteiger partial charge in [-0.05, 0) is 24.3 Å². The van der Waals surface area contributed by atoms with E-state index in [1.54, 1.807) is 0 Å². The molecule has 3 aliphatic rings. The first-order chi connectivity index (χ1) is 17.2. The second kappa shape index (κ2) is 8.64. The Morgan fingerprint density at radius 2 is 1.73 bits per heavy atom. The fourth-order valence-electron chi connectivity index (χ4n) is 5.91. The number of anilines is 2. The number of fused-ring (bicyclic) bond motifs is 4. The number of halogens is 7. The van der Waals surface area contributed by atoms with Gasteiger partial charge in [0, 0.05) is 35.1 Å². The predicted octanol–water partition coefficient (Wildman–Crippen LogP) is 5.29. The molecule has 0 aliphatic carbocycles. The van der Waals surface area contributed by atoms with Gasteiger partial charge in [-0.2, -0.15) is 0 Å². The molecule has 14 heteroatoms. The van der Waals surface area contributed by atoms with Crippen LogP contribution in [0, 0.1) is 17.7 Å². The van der Waals surface area contributed by atoms with Gasteiger partial charge in [0.15, 0.2) is 5.82 Å². The molecule has 0 bridgehead atoms. The highest BCUT2D eigenvalue weighted by molar-refractivity contribution is 6.38. The van der Waals surface area contributed by atoms with Crippen LogP contribution in [-0.4, -0.2) is 53.3 Å². The number of nitrogens with zero attached hydrogens (tertiary/aromatic N) is 2. The molecule has 37 heavy (non-hydrogen) atoms. The lowest BCUT2D eigenvalue weighted by Crippen LogP contribution is -2.54. The molecule has 0 radical (unpaired) electrons. The minimum absolute atomic E-state index is 0.0128. The van der Waals surface area contributed by atoms with E-state index >= 15 is 0 Å². The summed E-state index contributed by atoms with van der Waals surface area (Å²) < 4.78 is 44.5. The maximum Gasteiger partial charge on any atom is 0.310 e. The van der Waals surface area contributed by atoms with E-state index in [1.807, 2.05) is 0 Å². The molecule has 3 heterocycles. The third-order valence-corrected chi connectivity index (χ3v) is 8.26. The zero-order chi connectivity index (χ0) is 27.2. The number of carbonyl (C=O) groups is 3. The molecule has 2 aromatic carbocycles. The third kappa shape index (κ3) is 3.71. The van der Waals surface area contributed by atoms with Crippen molar-refractivity contribution >= 4 is 75.6 Å². The highest BCUT2D eigenvalue weighted by Gasteiger charge is 2.74. The number of amides is 2. The molecule has 196 valence electrons. The molecule has 0 saturated carbocycles. The molecule has 0 aromatic heterocycles. The van der Waals surface area contributed by atoms with Crippen molar-refractivity contribution in [2.75, 3.05) is 23.8 Å². The van der Waals surface area contributed by atoms with Gasteiger partial charge < -0.3 is 15.3 Å². The fraction of sp³-hybridized carbons (Fsp3) is 0.348. The maximum absolute atomic E-state index is 14.8. The average molecular weight is 597 g/mol. The molecule has 1 spiro atoms. The van der Waals surface area contributed by atoms with Crippen LogP contribution in [0.5, 0.6) is 0 Å². The number of alkyl halides is 2. The summed E-state index contributed by atoms with van der Waals surface area (Å²) in [5, 5.41) is 12.5. The minimum Gasteiger partial charge on any atom is -0.481 e. The highest BCUT2D eigenvalue weighted by atomic mass is 35.5. The second-order valence-corrected chi connectivity index (χ2v) is 10.9. The van der Waals surface area contributed by atoms with Gasteiger partial charge in [-0.25, -0.2) is 13.2 Å². The van der Waals surface area contributed by atoms with Gasteiger partial charge >= 0.3 is 5.97 Å². The van der Waals surface area contributed by atoms with Crippen LogP contribution in [0.25, 0.3) is 0 Å². The first-order valence-corrected chi connectivity index (χ1v) is 12.3. The largest absolute Gasteiger partial charge is 0.481 e. The summed E-state index contributed by atoms with van der Waals surface area (Å²) in [4.78, 5) is 42.0. The third-order valence-electron chi connectivity index (χ3n) is 7.25. The summed E-state index contributed by atoms with van der Waals surface area (Å²) in [5.41, 5.74) is -2.62. The number of aliphatic carboxylic acids is 1. The Morgan fingerprint density at radius 1 is 1.11 bits per heavy atom. The van der Waals surface area contributed by atoms with E-state index in [2.05, 4.69) is 5.32 Å². The van der Waals surface area contributed by atoms with E-state index in [0.717, 1.165) is 29.0 Å². The zero-order valence-corrected chi connectivity index (χ0v) is 21.7. The number of carboxylic acids is 1. The van der Waals surface area contributed by atoms with Crippen LogP contribution in [0.15, 0.2) is 24.3 Å². The van der Waals surface area contributed by atoms with E-state index in [1.165, 1.54) is 12.1 Å². The van der Waals surface area contributed by atoms with Crippen molar-refractivity contribution in [2.45, 2.75) is 23.9 Å². The van der Waals surface area contributed by atoms with Crippen LogP contribution in [-0.2, 0) is 19.9 Å². The molecule has 2 N–H and O–H groups in total. The molecule has 4 atom stereocenters. The van der Waals surface area contributed by atoms with Crippen molar-refractivity contribution in [3.05, 3.63) is 55.7 Å². The lowest BCUT2D eigenvalue weighted by molar-refractivity contribution is -0.153. The molecular formula is C23H16Cl4F3N3O4. The standard InChI is InChI=1S/C23H16Cl4F3N3O4/c1-32(13-5-9(25)3-11(26)17(13)28)19(34)15-14-6-22(29,30)7-33(14)23(16(15)20(35)36)10-2-8(24)4-12(27)18(10)31-21(23)37/h2-5,14-16H,6-7H2,1H3,(H,31,37)(H,35,36)/t14-,15?,16-,23+/m0/s1. The first-order valence-electron chi connectivity index (χ1n) is 10.8. The van der Waals surface area contributed by atoms with E-state index in [0.29, 0.717) is 0 Å². The Morgan fingerprint density at radius 3 is 2.38 bits per heavy atom. The summed E-state index contributed by atoms with van der Waals surface area (Å²) in [6.45, 7) is -0.997.